The molecule has 42 heavy (non-hydrogen) atoms. The summed E-state index contributed by atoms with van der Waals surface area (Å²) in [6, 6.07) is 9.26. The van der Waals surface area contributed by atoms with Crippen molar-refractivity contribution in [3.63, 3.8) is 0 Å². The molecular formula is C31H30F4N6O. The third-order valence-electron chi connectivity index (χ3n) is 9.41. The van der Waals surface area contributed by atoms with Crippen molar-refractivity contribution in [2.45, 2.75) is 75.0 Å². The van der Waals surface area contributed by atoms with Crippen LogP contribution in [0.4, 0.5) is 29.1 Å². The number of rotatable bonds is 7. The fraction of sp³-hybridized carbons (Fsp3) is 0.419. The summed E-state index contributed by atoms with van der Waals surface area (Å²) in [5.41, 5.74) is 0.266. The van der Waals surface area contributed by atoms with Crippen LogP contribution in [0.2, 0.25) is 0 Å². The van der Waals surface area contributed by atoms with E-state index >= 15 is 8.78 Å². The smallest absolute Gasteiger partial charge is 0.264 e. The number of aromatic nitrogens is 4. The number of hydrogen-bond donors (Lipinski definition) is 1. The van der Waals surface area contributed by atoms with Gasteiger partial charge in [0.2, 0.25) is 5.92 Å². The van der Waals surface area contributed by atoms with Crippen molar-refractivity contribution in [3.8, 4) is 0 Å². The molecule has 11 heteroatoms. The summed E-state index contributed by atoms with van der Waals surface area (Å²) >= 11 is 0. The molecule has 2 unspecified atom stereocenters. The molecule has 4 aromatic rings. The van der Waals surface area contributed by atoms with E-state index < -0.39 is 42.1 Å². The number of nitrogens with zero attached hydrogens (tertiary/aromatic N) is 5. The number of carbonyl (C=O) groups excluding carboxylic acids is 1. The number of anilines is 2. The van der Waals surface area contributed by atoms with Crippen LogP contribution in [-0.2, 0) is 12.5 Å². The highest BCUT2D eigenvalue weighted by molar-refractivity contribution is 6.27. The number of hydrogen-bond acceptors (Lipinski definition) is 5. The molecule has 2 aromatic heterocycles. The van der Waals surface area contributed by atoms with Crippen LogP contribution in [0.15, 0.2) is 48.9 Å². The number of pyridine rings is 1. The van der Waals surface area contributed by atoms with Crippen molar-refractivity contribution in [3.05, 3.63) is 77.3 Å². The Morgan fingerprint density at radius 1 is 1.10 bits per heavy atom. The Labute approximate surface area is 239 Å². The lowest BCUT2D eigenvalue weighted by Crippen LogP contribution is -2.52. The number of amides is 1. The van der Waals surface area contributed by atoms with Gasteiger partial charge in [0.1, 0.15) is 18.0 Å². The second-order valence-electron chi connectivity index (χ2n) is 12.4. The van der Waals surface area contributed by atoms with E-state index in [1.165, 1.54) is 46.3 Å². The van der Waals surface area contributed by atoms with Gasteiger partial charge in [-0.2, -0.15) is 0 Å². The minimum absolute atomic E-state index is 0.00305. The van der Waals surface area contributed by atoms with Crippen molar-refractivity contribution in [1.82, 2.24) is 25.1 Å². The molecule has 1 N–H and O–H groups in total. The van der Waals surface area contributed by atoms with Crippen molar-refractivity contribution in [1.29, 1.82) is 0 Å². The quantitative estimate of drug-likeness (QED) is 0.245. The predicted molar refractivity (Wildman–Crippen MR) is 149 cm³/mol. The van der Waals surface area contributed by atoms with Gasteiger partial charge >= 0.3 is 0 Å². The first-order valence-electron chi connectivity index (χ1n) is 14.1. The first-order valence-corrected chi connectivity index (χ1v) is 14.1. The van der Waals surface area contributed by atoms with Gasteiger partial charge in [0, 0.05) is 53.9 Å². The minimum atomic E-state index is -3.05. The Kier molecular flexibility index (Phi) is 5.83. The van der Waals surface area contributed by atoms with Crippen molar-refractivity contribution in [2.24, 2.45) is 7.05 Å². The number of halogens is 4. The standard InChI is InChI=1S/C31H30F4N6O/c1-17(38-29(2)8-4-9-29)18-11-20-22(32)5-6-23-25(20)21(12-18)28(42)41(23)24-13-19(7-10-36-24)30(14-31(34,35)15-30)26(33)27-39-37-16-40(27)3/h5-7,10-13,16-17,26,38H,4,8-9,14-15H2,1-3H3. The van der Waals surface area contributed by atoms with Crippen LogP contribution in [-0.4, -0.2) is 37.1 Å². The molecule has 7 nitrogen and oxygen atoms in total. The molecular weight excluding hydrogens is 548 g/mol. The molecule has 218 valence electrons. The zero-order valence-electron chi connectivity index (χ0n) is 23.5. The van der Waals surface area contributed by atoms with Gasteiger partial charge in [0.15, 0.2) is 12.0 Å². The minimum Gasteiger partial charge on any atom is -0.318 e. The summed E-state index contributed by atoms with van der Waals surface area (Å²) in [7, 11) is 1.56. The summed E-state index contributed by atoms with van der Waals surface area (Å²) in [4.78, 5) is 19.7. The maximum Gasteiger partial charge on any atom is 0.264 e. The van der Waals surface area contributed by atoms with Gasteiger partial charge in [-0.15, -0.1) is 10.2 Å². The highest BCUT2D eigenvalue weighted by Crippen LogP contribution is 2.60. The second-order valence-corrected chi connectivity index (χ2v) is 12.4. The van der Waals surface area contributed by atoms with E-state index in [-0.39, 0.29) is 28.8 Å². The third-order valence-corrected chi connectivity index (χ3v) is 9.41. The van der Waals surface area contributed by atoms with E-state index in [2.05, 4.69) is 27.4 Å². The lowest BCUT2D eigenvalue weighted by atomic mass is 9.59. The van der Waals surface area contributed by atoms with E-state index in [0.29, 0.717) is 22.0 Å². The van der Waals surface area contributed by atoms with Crippen molar-refractivity contribution >= 4 is 28.2 Å². The van der Waals surface area contributed by atoms with Crippen LogP contribution in [0.3, 0.4) is 0 Å². The molecule has 2 fully saturated rings. The first kappa shape index (κ1) is 27.0. The SMILES string of the molecule is CC(NC1(C)CCC1)c1cc2c3c(ccc(F)c3c1)N(c1cc(C3(C(F)c4nncn4C)CC(F)(F)C3)ccn1)C2=O. The molecule has 1 amide bonds. The first-order chi connectivity index (χ1) is 19.9. The number of benzene rings is 2. The lowest BCUT2D eigenvalue weighted by Gasteiger charge is -2.49. The average Bonchev–Trinajstić information content (AvgIpc) is 3.48. The molecule has 0 bridgehead atoms. The lowest BCUT2D eigenvalue weighted by molar-refractivity contribution is -0.151. The Balaban J connectivity index is 1.29. The fourth-order valence-electron chi connectivity index (χ4n) is 6.99. The molecule has 3 aliphatic rings. The molecule has 2 atom stereocenters. The van der Waals surface area contributed by atoms with Gasteiger partial charge in [0.05, 0.1) is 11.3 Å². The Hall–Kier alpha value is -3.86. The predicted octanol–water partition coefficient (Wildman–Crippen LogP) is 6.77. The third kappa shape index (κ3) is 3.96. The number of alkyl halides is 3. The summed E-state index contributed by atoms with van der Waals surface area (Å²) in [5.74, 6) is -3.81. The largest absolute Gasteiger partial charge is 0.318 e. The number of aryl methyl sites for hydroxylation is 1. The Bertz CT molecular complexity index is 1740. The van der Waals surface area contributed by atoms with E-state index in [0.717, 1.165) is 24.8 Å². The zero-order chi connectivity index (χ0) is 29.6. The summed E-state index contributed by atoms with van der Waals surface area (Å²) in [6.07, 6.45) is 2.65. The molecule has 7 rings (SSSR count). The zero-order valence-corrected chi connectivity index (χ0v) is 23.5. The monoisotopic (exact) mass is 578 g/mol. The van der Waals surface area contributed by atoms with Crippen molar-refractivity contribution in [2.75, 3.05) is 4.90 Å². The molecule has 3 heterocycles. The normalized spacial score (nSPS) is 21.2. The van der Waals surface area contributed by atoms with E-state index in [9.17, 15) is 13.6 Å². The topological polar surface area (TPSA) is 75.9 Å². The maximum atomic E-state index is 16.1. The van der Waals surface area contributed by atoms with Crippen LogP contribution in [0, 0.1) is 5.82 Å². The van der Waals surface area contributed by atoms with E-state index in [1.807, 2.05) is 6.92 Å². The van der Waals surface area contributed by atoms with Gasteiger partial charge in [-0.05, 0) is 80.6 Å². The van der Waals surface area contributed by atoms with Gasteiger partial charge < -0.3 is 9.88 Å². The highest BCUT2D eigenvalue weighted by Gasteiger charge is 2.63. The number of nitrogens with one attached hydrogen (secondary N) is 1. The highest BCUT2D eigenvalue weighted by atomic mass is 19.3. The molecule has 2 saturated carbocycles. The van der Waals surface area contributed by atoms with Crippen LogP contribution >= 0.6 is 0 Å². The van der Waals surface area contributed by atoms with Crippen molar-refractivity contribution < 1.29 is 22.4 Å². The molecule has 1 aliphatic heterocycles. The summed E-state index contributed by atoms with van der Waals surface area (Å²) in [6.45, 7) is 4.16. The second kappa shape index (κ2) is 9.07. The van der Waals surface area contributed by atoms with Gasteiger partial charge in [-0.25, -0.2) is 22.5 Å². The van der Waals surface area contributed by atoms with Crippen LogP contribution in [0.25, 0.3) is 10.8 Å². The summed E-state index contributed by atoms with van der Waals surface area (Å²) in [5, 5.41) is 12.0. The van der Waals surface area contributed by atoms with Crippen LogP contribution in [0.1, 0.15) is 85.5 Å². The maximum absolute atomic E-state index is 16.1. The Morgan fingerprint density at radius 3 is 2.50 bits per heavy atom. The van der Waals surface area contributed by atoms with Gasteiger partial charge in [-0.3, -0.25) is 9.69 Å². The fourth-order valence-corrected chi connectivity index (χ4v) is 6.99. The van der Waals surface area contributed by atoms with Gasteiger partial charge in [-0.1, -0.05) is 0 Å². The number of carbonyl (C=O) groups is 1. The molecule has 2 aromatic carbocycles. The molecule has 0 radical (unpaired) electrons. The van der Waals surface area contributed by atoms with Crippen LogP contribution in [0.5, 0.6) is 0 Å². The molecule has 0 spiro atoms. The van der Waals surface area contributed by atoms with E-state index in [4.69, 9.17) is 0 Å². The average molecular weight is 579 g/mol. The Morgan fingerprint density at radius 2 is 1.86 bits per heavy atom. The van der Waals surface area contributed by atoms with E-state index in [1.54, 1.807) is 19.2 Å². The molecule has 0 saturated heterocycles. The van der Waals surface area contributed by atoms with Crippen LogP contribution < -0.4 is 10.2 Å². The van der Waals surface area contributed by atoms with Gasteiger partial charge in [0.25, 0.3) is 5.91 Å². The summed E-state index contributed by atoms with van der Waals surface area (Å²) < 4.78 is 61.3. The molecule has 2 aliphatic carbocycles.